The number of rotatable bonds is 5. The Morgan fingerprint density at radius 1 is 1.14 bits per heavy atom. The molecule has 0 radical (unpaired) electrons. The van der Waals surface area contributed by atoms with E-state index in [1.165, 1.54) is 0 Å². The maximum atomic E-state index is 3.93. The molecule has 0 nitrogen and oxygen atoms in total. The summed E-state index contributed by atoms with van der Waals surface area (Å²) in [6.07, 6.45) is 11.5. The molecule has 0 aliphatic heterocycles. The Hall–Kier alpha value is -1.56. The van der Waals surface area contributed by atoms with Gasteiger partial charge in [0, 0.05) is 0 Å². The van der Waals surface area contributed by atoms with Gasteiger partial charge in [-0.05, 0) is 30.6 Å². The van der Waals surface area contributed by atoms with Crippen molar-refractivity contribution in [2.75, 3.05) is 0 Å². The van der Waals surface area contributed by atoms with Crippen LogP contribution in [0.5, 0.6) is 0 Å². The third-order valence-corrected chi connectivity index (χ3v) is 1.83. The highest BCUT2D eigenvalue weighted by molar-refractivity contribution is 5.49. The molecule has 0 heterocycles. The minimum atomic E-state index is 0.939. The molecule has 0 N–H and O–H groups in total. The Morgan fingerprint density at radius 3 is 2.21 bits per heavy atom. The minimum Gasteiger partial charge on any atom is -0.0991 e. The SMILES string of the molecule is C=C\C=C/C(C)=C(/C=C\C)C(=C)C=C. The van der Waals surface area contributed by atoms with E-state index in [1.54, 1.807) is 12.2 Å². The van der Waals surface area contributed by atoms with Crippen LogP contribution in [0, 0.1) is 0 Å². The summed E-state index contributed by atoms with van der Waals surface area (Å²) in [4.78, 5) is 0. The fourth-order valence-corrected chi connectivity index (χ4v) is 1.07. The molecule has 0 atom stereocenters. The molecule has 0 saturated heterocycles. The Labute approximate surface area is 87.3 Å². The van der Waals surface area contributed by atoms with Gasteiger partial charge in [0.05, 0.1) is 0 Å². The van der Waals surface area contributed by atoms with E-state index in [9.17, 15) is 0 Å². The van der Waals surface area contributed by atoms with Crippen molar-refractivity contribution in [3.8, 4) is 0 Å². The first kappa shape index (κ1) is 12.4. The predicted molar refractivity (Wildman–Crippen MR) is 66.2 cm³/mol. The summed E-state index contributed by atoms with van der Waals surface area (Å²) in [6, 6.07) is 0. The average molecular weight is 186 g/mol. The molecule has 0 aromatic heterocycles. The van der Waals surface area contributed by atoms with E-state index in [-0.39, 0.29) is 0 Å². The van der Waals surface area contributed by atoms with E-state index in [0.29, 0.717) is 0 Å². The first-order valence-corrected chi connectivity index (χ1v) is 4.61. The van der Waals surface area contributed by atoms with Crippen molar-refractivity contribution in [3.05, 3.63) is 72.9 Å². The summed E-state index contributed by atoms with van der Waals surface area (Å²) in [6.45, 7) is 15.3. The van der Waals surface area contributed by atoms with Crippen LogP contribution in [-0.4, -0.2) is 0 Å². The van der Waals surface area contributed by atoms with Crippen molar-refractivity contribution in [1.29, 1.82) is 0 Å². The van der Waals surface area contributed by atoms with E-state index in [2.05, 4.69) is 19.7 Å². The summed E-state index contributed by atoms with van der Waals surface area (Å²) >= 11 is 0. The average Bonchev–Trinajstić information content (AvgIpc) is 2.21. The molecule has 14 heavy (non-hydrogen) atoms. The topological polar surface area (TPSA) is 0 Å². The zero-order valence-electron chi connectivity index (χ0n) is 9.09. The van der Waals surface area contributed by atoms with Gasteiger partial charge in [-0.1, -0.05) is 56.2 Å². The molecule has 0 saturated carbocycles. The van der Waals surface area contributed by atoms with Gasteiger partial charge < -0.3 is 0 Å². The van der Waals surface area contributed by atoms with Crippen molar-refractivity contribution in [3.63, 3.8) is 0 Å². The quantitative estimate of drug-likeness (QED) is 0.559. The Bertz CT molecular complexity index is 309. The van der Waals surface area contributed by atoms with E-state index in [1.807, 2.05) is 38.2 Å². The van der Waals surface area contributed by atoms with Crippen LogP contribution in [0.3, 0.4) is 0 Å². The molecule has 0 fully saturated rings. The first-order valence-electron chi connectivity index (χ1n) is 4.61. The molecular formula is C14H18. The van der Waals surface area contributed by atoms with Crippen LogP contribution in [0.25, 0.3) is 0 Å². The van der Waals surface area contributed by atoms with Gasteiger partial charge in [-0.25, -0.2) is 0 Å². The van der Waals surface area contributed by atoms with Crippen molar-refractivity contribution in [1.82, 2.24) is 0 Å². The molecule has 74 valence electrons. The Balaban J connectivity index is 5.13. The summed E-state index contributed by atoms with van der Waals surface area (Å²) in [5, 5.41) is 0. The zero-order valence-corrected chi connectivity index (χ0v) is 9.09. The van der Waals surface area contributed by atoms with E-state index < -0.39 is 0 Å². The van der Waals surface area contributed by atoms with Gasteiger partial charge in [-0.3, -0.25) is 0 Å². The van der Waals surface area contributed by atoms with Crippen LogP contribution in [0.4, 0.5) is 0 Å². The van der Waals surface area contributed by atoms with Crippen molar-refractivity contribution >= 4 is 0 Å². The number of allylic oxidation sites excluding steroid dienone is 9. The van der Waals surface area contributed by atoms with Crippen molar-refractivity contribution in [2.45, 2.75) is 13.8 Å². The van der Waals surface area contributed by atoms with E-state index >= 15 is 0 Å². The molecule has 0 aliphatic carbocycles. The predicted octanol–water partition coefficient (Wildman–Crippen LogP) is 4.36. The zero-order chi connectivity index (χ0) is 11.0. The lowest BCUT2D eigenvalue weighted by molar-refractivity contribution is 1.40. The van der Waals surface area contributed by atoms with Gasteiger partial charge in [-0.15, -0.1) is 0 Å². The first-order chi connectivity index (χ1) is 6.67. The Morgan fingerprint density at radius 2 is 1.79 bits per heavy atom. The summed E-state index contributed by atoms with van der Waals surface area (Å²) in [7, 11) is 0. The lowest BCUT2D eigenvalue weighted by Crippen LogP contribution is -1.85. The van der Waals surface area contributed by atoms with Gasteiger partial charge in [0.15, 0.2) is 0 Å². The van der Waals surface area contributed by atoms with Crippen LogP contribution in [-0.2, 0) is 0 Å². The van der Waals surface area contributed by atoms with Gasteiger partial charge in [0.1, 0.15) is 0 Å². The second-order valence-electron chi connectivity index (χ2n) is 2.92. The summed E-state index contributed by atoms with van der Waals surface area (Å²) in [5.41, 5.74) is 3.21. The third-order valence-electron chi connectivity index (χ3n) is 1.83. The Kier molecular flexibility index (Phi) is 6.13. The second-order valence-corrected chi connectivity index (χ2v) is 2.92. The molecule has 0 spiro atoms. The molecule has 0 aromatic carbocycles. The summed E-state index contributed by atoms with van der Waals surface area (Å²) < 4.78 is 0. The normalized spacial score (nSPS) is 13.0. The second kappa shape index (κ2) is 6.90. The molecule has 0 aliphatic rings. The lowest BCUT2D eigenvalue weighted by atomic mass is 10.0. The standard InChI is InChI=1S/C14H18/c1-6-9-11-13(5)14(10-7-2)12(4)8-3/h6-11H,1,3-4H2,2,5H3/b10-7-,11-9-,14-13-. The molecule has 0 unspecified atom stereocenters. The van der Waals surface area contributed by atoms with Crippen LogP contribution in [0.2, 0.25) is 0 Å². The van der Waals surface area contributed by atoms with Crippen LogP contribution >= 0.6 is 0 Å². The van der Waals surface area contributed by atoms with Gasteiger partial charge in [0.25, 0.3) is 0 Å². The van der Waals surface area contributed by atoms with E-state index in [4.69, 9.17) is 0 Å². The minimum absolute atomic E-state index is 0.939. The van der Waals surface area contributed by atoms with Crippen LogP contribution < -0.4 is 0 Å². The maximum Gasteiger partial charge on any atom is -0.0164 e. The van der Waals surface area contributed by atoms with Gasteiger partial charge in [-0.2, -0.15) is 0 Å². The van der Waals surface area contributed by atoms with Crippen molar-refractivity contribution < 1.29 is 0 Å². The monoisotopic (exact) mass is 186 g/mol. The highest BCUT2D eigenvalue weighted by Gasteiger charge is 1.97. The molecule has 0 heteroatoms. The molecule has 0 amide bonds. The highest BCUT2D eigenvalue weighted by Crippen LogP contribution is 2.16. The lowest BCUT2D eigenvalue weighted by Gasteiger charge is -2.04. The van der Waals surface area contributed by atoms with Gasteiger partial charge >= 0.3 is 0 Å². The fourth-order valence-electron chi connectivity index (χ4n) is 1.07. The molecular weight excluding hydrogens is 168 g/mol. The highest BCUT2D eigenvalue weighted by atomic mass is 14.0. The molecule has 0 bridgehead atoms. The fraction of sp³-hybridized carbons (Fsp3) is 0.143. The third kappa shape index (κ3) is 3.90. The van der Waals surface area contributed by atoms with Gasteiger partial charge in [0.2, 0.25) is 0 Å². The van der Waals surface area contributed by atoms with Crippen LogP contribution in [0.1, 0.15) is 13.8 Å². The maximum absolute atomic E-state index is 3.93. The van der Waals surface area contributed by atoms with Crippen LogP contribution in [0.15, 0.2) is 72.9 Å². The molecule has 0 aromatic rings. The molecule has 0 rings (SSSR count). The number of hydrogen-bond acceptors (Lipinski definition) is 0. The number of hydrogen-bond donors (Lipinski definition) is 0. The van der Waals surface area contributed by atoms with E-state index in [0.717, 1.165) is 16.7 Å². The smallest absolute Gasteiger partial charge is 0.0164 e. The largest absolute Gasteiger partial charge is 0.0991 e. The summed E-state index contributed by atoms with van der Waals surface area (Å²) in [5.74, 6) is 0. The van der Waals surface area contributed by atoms with Crippen molar-refractivity contribution in [2.24, 2.45) is 0 Å².